The first-order chi connectivity index (χ1) is 8.97. The number of carbonyl (C=O) groups excluding carboxylic acids is 1. The minimum Gasteiger partial charge on any atom is -0.449 e. The number of hydrogen-bond donors (Lipinski definition) is 2. The van der Waals surface area contributed by atoms with Crippen LogP contribution in [0.1, 0.15) is 20.3 Å². The number of benzene rings is 1. The third-order valence-electron chi connectivity index (χ3n) is 2.22. The van der Waals surface area contributed by atoms with Crippen LogP contribution in [-0.2, 0) is 4.74 Å². The lowest BCUT2D eigenvalue weighted by Gasteiger charge is -2.09. The molecule has 0 spiro atoms. The van der Waals surface area contributed by atoms with Crippen molar-refractivity contribution in [3.63, 3.8) is 0 Å². The number of carbonyl (C=O) groups is 1. The van der Waals surface area contributed by atoms with Crippen LogP contribution in [0, 0.1) is 0 Å². The summed E-state index contributed by atoms with van der Waals surface area (Å²) in [6, 6.07) is 5.24. The predicted molar refractivity (Wildman–Crippen MR) is 79.2 cm³/mol. The molecule has 1 aromatic rings. The monoisotopic (exact) mass is 304 g/mol. The fraction of sp³-hybridized carbons (Fsp3) is 0.462. The zero-order valence-electron chi connectivity index (χ0n) is 11.0. The van der Waals surface area contributed by atoms with E-state index in [1.165, 1.54) is 0 Å². The number of rotatable bonds is 6. The topological polar surface area (TPSA) is 50.4 Å². The molecule has 106 valence electrons. The number of halogens is 2. The summed E-state index contributed by atoms with van der Waals surface area (Å²) in [6.07, 6.45) is 0.255. The third-order valence-corrected chi connectivity index (χ3v) is 2.65. The molecule has 19 heavy (non-hydrogen) atoms. The molecule has 0 heterocycles. The molecule has 0 unspecified atom stereocenters. The molecule has 6 heteroatoms. The Hall–Kier alpha value is -0.970. The lowest BCUT2D eigenvalue weighted by Crippen LogP contribution is -2.25. The van der Waals surface area contributed by atoms with Crippen molar-refractivity contribution in [1.82, 2.24) is 5.32 Å². The third kappa shape index (κ3) is 7.25. The lowest BCUT2D eigenvalue weighted by atomic mass is 10.3. The first-order valence-electron chi connectivity index (χ1n) is 6.10. The van der Waals surface area contributed by atoms with Gasteiger partial charge in [-0.15, -0.1) is 0 Å². The molecule has 0 aliphatic rings. The van der Waals surface area contributed by atoms with E-state index >= 15 is 0 Å². The molecule has 1 aromatic carbocycles. The summed E-state index contributed by atoms with van der Waals surface area (Å²) in [7, 11) is 0. The minimum atomic E-state index is -0.511. The molecule has 2 N–H and O–H groups in total. The Balaban J connectivity index is 2.27. The quantitative estimate of drug-likeness (QED) is 0.783. The van der Waals surface area contributed by atoms with Crippen LogP contribution in [0.3, 0.4) is 0 Å². The molecular formula is C13H18Cl2N2O2. The highest BCUT2D eigenvalue weighted by molar-refractivity contribution is 6.35. The second-order valence-electron chi connectivity index (χ2n) is 4.38. The summed E-state index contributed by atoms with van der Waals surface area (Å²) in [5.41, 5.74) is 0.516. The highest BCUT2D eigenvalue weighted by Crippen LogP contribution is 2.22. The Labute approximate surface area is 123 Å². The fourth-order valence-electron chi connectivity index (χ4n) is 1.41. The van der Waals surface area contributed by atoms with Gasteiger partial charge in [0.25, 0.3) is 0 Å². The van der Waals surface area contributed by atoms with Crippen LogP contribution < -0.4 is 10.6 Å². The summed E-state index contributed by atoms with van der Waals surface area (Å²) in [5.74, 6) is 0. The molecule has 0 atom stereocenters. The van der Waals surface area contributed by atoms with E-state index in [1.54, 1.807) is 18.2 Å². The van der Waals surface area contributed by atoms with Crippen molar-refractivity contribution in [2.45, 2.75) is 26.3 Å². The maximum atomic E-state index is 11.5. The zero-order chi connectivity index (χ0) is 14.3. The van der Waals surface area contributed by atoms with Crippen molar-refractivity contribution < 1.29 is 9.53 Å². The molecule has 0 radical (unpaired) electrons. The van der Waals surface area contributed by atoms with Crippen molar-refractivity contribution in [3.05, 3.63) is 28.2 Å². The zero-order valence-corrected chi connectivity index (χ0v) is 12.5. The van der Waals surface area contributed by atoms with Crippen LogP contribution in [0.15, 0.2) is 18.2 Å². The van der Waals surface area contributed by atoms with Gasteiger partial charge >= 0.3 is 6.09 Å². The summed E-state index contributed by atoms with van der Waals surface area (Å²) in [4.78, 5) is 11.5. The second kappa shape index (κ2) is 8.25. The molecule has 0 saturated carbocycles. The summed E-state index contributed by atoms with van der Waals surface area (Å²) < 4.78 is 5.03. The largest absolute Gasteiger partial charge is 0.449 e. The van der Waals surface area contributed by atoms with E-state index in [4.69, 9.17) is 27.9 Å². The van der Waals surface area contributed by atoms with Gasteiger partial charge in [0.05, 0.1) is 6.61 Å². The van der Waals surface area contributed by atoms with E-state index in [9.17, 15) is 4.79 Å². The Morgan fingerprint density at radius 2 is 1.89 bits per heavy atom. The number of ether oxygens (including phenoxy) is 1. The number of anilines is 1. The van der Waals surface area contributed by atoms with Crippen LogP contribution in [0.2, 0.25) is 10.0 Å². The van der Waals surface area contributed by atoms with Crippen LogP contribution in [0.4, 0.5) is 10.5 Å². The standard InChI is InChI=1S/C13H18Cl2N2O2/c1-9(2)16-4-3-5-19-13(18)17-12-7-10(14)6-11(15)8-12/h6-9,16H,3-5H2,1-2H3,(H,17,18). The Kier molecular flexibility index (Phi) is 6.99. The minimum absolute atomic E-state index is 0.361. The van der Waals surface area contributed by atoms with Gasteiger partial charge in [0.1, 0.15) is 0 Å². The average Bonchev–Trinajstić information content (AvgIpc) is 2.26. The first-order valence-corrected chi connectivity index (χ1v) is 6.86. The van der Waals surface area contributed by atoms with Gasteiger partial charge < -0.3 is 10.1 Å². The predicted octanol–water partition coefficient (Wildman–Crippen LogP) is 3.93. The van der Waals surface area contributed by atoms with Gasteiger partial charge in [-0.3, -0.25) is 5.32 Å². The average molecular weight is 305 g/mol. The molecule has 0 aromatic heterocycles. The lowest BCUT2D eigenvalue weighted by molar-refractivity contribution is 0.160. The molecule has 4 nitrogen and oxygen atoms in total. The second-order valence-corrected chi connectivity index (χ2v) is 5.25. The van der Waals surface area contributed by atoms with Gasteiger partial charge in [0.15, 0.2) is 0 Å². The van der Waals surface area contributed by atoms with E-state index < -0.39 is 6.09 Å². The highest BCUT2D eigenvalue weighted by atomic mass is 35.5. The molecule has 0 aliphatic heterocycles. The van der Waals surface area contributed by atoms with Gasteiger partial charge in [-0.05, 0) is 31.2 Å². The van der Waals surface area contributed by atoms with Crippen LogP contribution >= 0.6 is 23.2 Å². The smallest absolute Gasteiger partial charge is 0.411 e. The van der Waals surface area contributed by atoms with Crippen LogP contribution in [0.5, 0.6) is 0 Å². The summed E-state index contributed by atoms with van der Waals surface area (Å²) in [6.45, 7) is 5.31. The van der Waals surface area contributed by atoms with Gasteiger partial charge in [-0.2, -0.15) is 0 Å². The maximum Gasteiger partial charge on any atom is 0.411 e. The SMILES string of the molecule is CC(C)NCCCOC(=O)Nc1cc(Cl)cc(Cl)c1. The van der Waals surface area contributed by atoms with E-state index in [0.29, 0.717) is 28.4 Å². The number of hydrogen-bond acceptors (Lipinski definition) is 3. The van der Waals surface area contributed by atoms with Crippen molar-refractivity contribution >= 4 is 35.0 Å². The highest BCUT2D eigenvalue weighted by Gasteiger charge is 2.05. The van der Waals surface area contributed by atoms with Gasteiger partial charge in [-0.25, -0.2) is 4.79 Å². The normalized spacial score (nSPS) is 10.6. The Bertz CT molecular complexity index is 405. The van der Waals surface area contributed by atoms with Crippen molar-refractivity contribution in [3.8, 4) is 0 Å². The van der Waals surface area contributed by atoms with Gasteiger partial charge in [-0.1, -0.05) is 37.0 Å². The van der Waals surface area contributed by atoms with Crippen molar-refractivity contribution in [1.29, 1.82) is 0 Å². The molecule has 1 amide bonds. The van der Waals surface area contributed by atoms with Crippen molar-refractivity contribution in [2.75, 3.05) is 18.5 Å². The fourth-order valence-corrected chi connectivity index (χ4v) is 1.93. The van der Waals surface area contributed by atoms with Crippen LogP contribution in [0.25, 0.3) is 0 Å². The Morgan fingerprint density at radius 1 is 1.26 bits per heavy atom. The molecule has 1 rings (SSSR count). The van der Waals surface area contributed by atoms with Gasteiger partial charge in [0, 0.05) is 21.8 Å². The van der Waals surface area contributed by atoms with Crippen molar-refractivity contribution in [2.24, 2.45) is 0 Å². The summed E-state index contributed by atoms with van der Waals surface area (Å²) in [5, 5.41) is 6.73. The first kappa shape index (κ1) is 16.1. The van der Waals surface area contributed by atoms with E-state index in [-0.39, 0.29) is 0 Å². The molecule has 0 aliphatic carbocycles. The van der Waals surface area contributed by atoms with Crippen LogP contribution in [-0.4, -0.2) is 25.3 Å². The molecule has 0 bridgehead atoms. The molecule has 0 saturated heterocycles. The number of amides is 1. The van der Waals surface area contributed by atoms with E-state index in [1.807, 2.05) is 0 Å². The van der Waals surface area contributed by atoms with E-state index in [0.717, 1.165) is 13.0 Å². The maximum absolute atomic E-state index is 11.5. The number of nitrogens with one attached hydrogen (secondary N) is 2. The van der Waals surface area contributed by atoms with Gasteiger partial charge in [0.2, 0.25) is 0 Å². The molecule has 0 fully saturated rings. The molecular weight excluding hydrogens is 287 g/mol. The summed E-state index contributed by atoms with van der Waals surface area (Å²) >= 11 is 11.6. The Morgan fingerprint density at radius 3 is 2.47 bits per heavy atom. The van der Waals surface area contributed by atoms with E-state index in [2.05, 4.69) is 24.5 Å².